The van der Waals surface area contributed by atoms with Gasteiger partial charge in [-0.05, 0) is 30.9 Å². The molecule has 0 spiro atoms. The van der Waals surface area contributed by atoms with E-state index < -0.39 is 0 Å². The normalized spacial score (nSPS) is 16.1. The smallest absolute Gasteiger partial charge is 0.188 e. The van der Waals surface area contributed by atoms with E-state index in [0.717, 1.165) is 12.2 Å². The molecular weight excluding hydrogens is 377 g/mol. The first-order valence-electron chi connectivity index (χ1n) is 7.48. The van der Waals surface area contributed by atoms with Crippen LogP contribution in [0.3, 0.4) is 0 Å². The number of hydrogen-bond acceptors (Lipinski definition) is 2. The highest BCUT2D eigenvalue weighted by molar-refractivity contribution is 14.0. The second kappa shape index (κ2) is 9.87. The van der Waals surface area contributed by atoms with Crippen LogP contribution in [-0.4, -0.2) is 25.7 Å². The van der Waals surface area contributed by atoms with Crippen molar-refractivity contribution >= 4 is 29.9 Å². The van der Waals surface area contributed by atoms with Crippen LogP contribution in [0.1, 0.15) is 37.7 Å². The van der Waals surface area contributed by atoms with Gasteiger partial charge in [0.15, 0.2) is 5.96 Å². The Morgan fingerprint density at radius 1 is 1.29 bits per heavy atom. The molecule has 0 saturated heterocycles. The van der Waals surface area contributed by atoms with E-state index >= 15 is 0 Å². The zero-order valence-corrected chi connectivity index (χ0v) is 15.0. The molecule has 1 aliphatic carbocycles. The van der Waals surface area contributed by atoms with E-state index in [1.165, 1.54) is 37.7 Å². The lowest BCUT2D eigenvalue weighted by Gasteiger charge is -2.23. The van der Waals surface area contributed by atoms with Crippen LogP contribution < -0.4 is 15.8 Å². The topological polar surface area (TPSA) is 59.6 Å². The van der Waals surface area contributed by atoms with E-state index in [0.29, 0.717) is 18.5 Å². The van der Waals surface area contributed by atoms with Gasteiger partial charge in [0.1, 0.15) is 5.75 Å². The Labute approximate surface area is 144 Å². The predicted octanol–water partition coefficient (Wildman–Crippen LogP) is 3.09. The first-order valence-corrected chi connectivity index (χ1v) is 7.48. The molecule has 2 rings (SSSR count). The van der Waals surface area contributed by atoms with Crippen LogP contribution in [-0.2, 0) is 6.42 Å². The molecular formula is C16H26IN3O. The third-order valence-corrected chi connectivity index (χ3v) is 3.81. The van der Waals surface area contributed by atoms with Crippen LogP contribution >= 0.6 is 24.0 Å². The third kappa shape index (κ3) is 6.11. The molecule has 0 atom stereocenters. The molecule has 118 valence electrons. The molecule has 21 heavy (non-hydrogen) atoms. The van der Waals surface area contributed by atoms with Gasteiger partial charge in [-0.3, -0.25) is 4.99 Å². The molecule has 0 bridgehead atoms. The van der Waals surface area contributed by atoms with Crippen LogP contribution in [0.4, 0.5) is 0 Å². The van der Waals surface area contributed by atoms with E-state index in [-0.39, 0.29) is 24.0 Å². The maximum Gasteiger partial charge on any atom is 0.188 e. The highest BCUT2D eigenvalue weighted by atomic mass is 127. The number of benzene rings is 1. The second-order valence-corrected chi connectivity index (χ2v) is 5.31. The van der Waals surface area contributed by atoms with Crippen LogP contribution in [0.2, 0.25) is 0 Å². The number of ether oxygens (including phenoxy) is 1. The van der Waals surface area contributed by atoms with E-state index in [1.807, 2.05) is 18.2 Å². The molecule has 0 heterocycles. The van der Waals surface area contributed by atoms with Crippen LogP contribution in [0, 0.1) is 0 Å². The lowest BCUT2D eigenvalue weighted by atomic mass is 9.96. The fourth-order valence-corrected chi connectivity index (χ4v) is 2.71. The molecule has 0 unspecified atom stereocenters. The van der Waals surface area contributed by atoms with Crippen molar-refractivity contribution in [2.75, 3.05) is 13.7 Å². The lowest BCUT2D eigenvalue weighted by Crippen LogP contribution is -2.41. The Morgan fingerprint density at radius 2 is 2.00 bits per heavy atom. The molecule has 1 saturated carbocycles. The van der Waals surface area contributed by atoms with Crippen molar-refractivity contribution in [3.8, 4) is 5.75 Å². The van der Waals surface area contributed by atoms with Gasteiger partial charge >= 0.3 is 0 Å². The molecule has 1 fully saturated rings. The quantitative estimate of drug-likeness (QED) is 0.451. The zero-order chi connectivity index (χ0) is 14.2. The Bertz CT molecular complexity index is 445. The number of rotatable bonds is 5. The summed E-state index contributed by atoms with van der Waals surface area (Å²) in [4.78, 5) is 4.42. The van der Waals surface area contributed by atoms with Crippen molar-refractivity contribution in [3.63, 3.8) is 0 Å². The number of guanidine groups is 1. The van der Waals surface area contributed by atoms with Crippen LogP contribution in [0.5, 0.6) is 5.75 Å². The highest BCUT2D eigenvalue weighted by Crippen LogP contribution is 2.18. The largest absolute Gasteiger partial charge is 0.496 e. The van der Waals surface area contributed by atoms with E-state index in [9.17, 15) is 0 Å². The minimum atomic E-state index is 0. The number of nitrogens with two attached hydrogens (primary N) is 1. The number of nitrogens with zero attached hydrogens (tertiary/aromatic N) is 1. The lowest BCUT2D eigenvalue weighted by molar-refractivity contribution is 0.409. The fraction of sp³-hybridized carbons (Fsp3) is 0.562. The van der Waals surface area contributed by atoms with Gasteiger partial charge in [-0.1, -0.05) is 37.5 Å². The summed E-state index contributed by atoms with van der Waals surface area (Å²) in [5.41, 5.74) is 7.12. The summed E-state index contributed by atoms with van der Waals surface area (Å²) in [5.74, 6) is 1.49. The number of para-hydroxylation sites is 1. The average molecular weight is 403 g/mol. The van der Waals surface area contributed by atoms with E-state index in [2.05, 4.69) is 16.4 Å². The molecule has 0 amide bonds. The Balaban J connectivity index is 0.00000220. The molecule has 1 aromatic rings. The summed E-state index contributed by atoms with van der Waals surface area (Å²) in [6.45, 7) is 0.686. The van der Waals surface area contributed by atoms with Crippen molar-refractivity contribution in [2.24, 2.45) is 10.7 Å². The Kier molecular flexibility index (Phi) is 8.49. The summed E-state index contributed by atoms with van der Waals surface area (Å²) in [7, 11) is 1.70. The van der Waals surface area contributed by atoms with Crippen molar-refractivity contribution in [1.29, 1.82) is 0 Å². The summed E-state index contributed by atoms with van der Waals surface area (Å²) in [5, 5.41) is 3.33. The molecule has 1 aromatic carbocycles. The van der Waals surface area contributed by atoms with E-state index in [4.69, 9.17) is 10.5 Å². The van der Waals surface area contributed by atoms with Crippen LogP contribution in [0.15, 0.2) is 29.3 Å². The summed E-state index contributed by atoms with van der Waals surface area (Å²) in [6.07, 6.45) is 7.21. The Morgan fingerprint density at radius 3 is 2.71 bits per heavy atom. The molecule has 1 aliphatic rings. The van der Waals surface area contributed by atoms with Crippen molar-refractivity contribution in [3.05, 3.63) is 29.8 Å². The average Bonchev–Trinajstić information content (AvgIpc) is 2.49. The van der Waals surface area contributed by atoms with Gasteiger partial charge in [0.25, 0.3) is 0 Å². The van der Waals surface area contributed by atoms with Gasteiger partial charge in [-0.15, -0.1) is 24.0 Å². The van der Waals surface area contributed by atoms with Crippen molar-refractivity contribution < 1.29 is 4.74 Å². The third-order valence-electron chi connectivity index (χ3n) is 3.81. The first-order chi connectivity index (χ1) is 9.79. The van der Waals surface area contributed by atoms with Gasteiger partial charge in [-0.2, -0.15) is 0 Å². The van der Waals surface area contributed by atoms with Gasteiger partial charge in [0.2, 0.25) is 0 Å². The highest BCUT2D eigenvalue weighted by Gasteiger charge is 2.13. The molecule has 5 heteroatoms. The first kappa shape index (κ1) is 18.1. The maximum atomic E-state index is 5.95. The van der Waals surface area contributed by atoms with Gasteiger partial charge in [0.05, 0.1) is 7.11 Å². The van der Waals surface area contributed by atoms with Crippen molar-refractivity contribution in [1.82, 2.24) is 5.32 Å². The van der Waals surface area contributed by atoms with E-state index in [1.54, 1.807) is 7.11 Å². The molecule has 0 aromatic heterocycles. The van der Waals surface area contributed by atoms with Gasteiger partial charge in [-0.25, -0.2) is 0 Å². The summed E-state index contributed by atoms with van der Waals surface area (Å²) in [6, 6.07) is 8.55. The fourth-order valence-electron chi connectivity index (χ4n) is 2.71. The number of nitrogens with one attached hydrogen (secondary N) is 1. The minimum absolute atomic E-state index is 0. The van der Waals surface area contributed by atoms with Gasteiger partial charge in [0, 0.05) is 12.6 Å². The molecule has 4 nitrogen and oxygen atoms in total. The molecule has 0 aliphatic heterocycles. The number of aliphatic imine (C=N–C) groups is 1. The summed E-state index contributed by atoms with van der Waals surface area (Å²) >= 11 is 0. The monoisotopic (exact) mass is 403 g/mol. The summed E-state index contributed by atoms with van der Waals surface area (Å²) < 4.78 is 5.33. The zero-order valence-electron chi connectivity index (χ0n) is 12.7. The molecule has 3 N–H and O–H groups in total. The number of hydrogen-bond donors (Lipinski definition) is 2. The number of methoxy groups -OCH3 is 1. The van der Waals surface area contributed by atoms with Crippen molar-refractivity contribution in [2.45, 2.75) is 44.6 Å². The molecule has 0 radical (unpaired) electrons. The minimum Gasteiger partial charge on any atom is -0.496 e. The van der Waals surface area contributed by atoms with Crippen LogP contribution in [0.25, 0.3) is 0 Å². The predicted molar refractivity (Wildman–Crippen MR) is 98.6 cm³/mol. The maximum absolute atomic E-state index is 5.95. The van der Waals surface area contributed by atoms with Gasteiger partial charge < -0.3 is 15.8 Å². The number of halogens is 1. The Hall–Kier alpha value is -0.980. The second-order valence-electron chi connectivity index (χ2n) is 5.31. The standard InChI is InChI=1S/C16H25N3O.HI/c1-20-15-10-6-5-7-13(15)11-12-18-16(17)19-14-8-3-2-4-9-14;/h5-7,10,14H,2-4,8-9,11-12H2,1H3,(H3,17,18,19);1H. The SMILES string of the molecule is COc1ccccc1CCN=C(N)NC1CCCCC1.I.